The lowest BCUT2D eigenvalue weighted by Gasteiger charge is -2.35. The third-order valence-corrected chi connectivity index (χ3v) is 4.66. The van der Waals surface area contributed by atoms with Crippen molar-refractivity contribution in [3.63, 3.8) is 0 Å². The Morgan fingerprint density at radius 3 is 2.85 bits per heavy atom. The predicted octanol–water partition coefficient (Wildman–Crippen LogP) is 2.53. The molecule has 3 atom stereocenters. The lowest BCUT2D eigenvalue weighted by molar-refractivity contribution is -0.147. The third-order valence-electron chi connectivity index (χ3n) is 3.94. The Hall–Kier alpha value is -0.910. The molecule has 2 heterocycles. The molecule has 4 nitrogen and oxygen atoms in total. The molecule has 1 aromatic rings. The van der Waals surface area contributed by atoms with Gasteiger partial charge in [0, 0.05) is 24.0 Å². The third kappa shape index (κ3) is 2.75. The molecule has 1 aromatic carbocycles. The van der Waals surface area contributed by atoms with Gasteiger partial charge in [0.15, 0.2) is 0 Å². The summed E-state index contributed by atoms with van der Waals surface area (Å²) in [6.45, 7) is 4.11. The van der Waals surface area contributed by atoms with E-state index < -0.39 is 0 Å². The Morgan fingerprint density at radius 2 is 2.15 bits per heavy atom. The van der Waals surface area contributed by atoms with Gasteiger partial charge < -0.3 is 9.47 Å². The maximum absolute atomic E-state index is 11.9. The lowest BCUT2D eigenvalue weighted by atomic mass is 10.1. The van der Waals surface area contributed by atoms with Gasteiger partial charge in [0.25, 0.3) is 0 Å². The van der Waals surface area contributed by atoms with Gasteiger partial charge in [-0.05, 0) is 18.6 Å². The molecule has 2 aliphatic heterocycles. The molecule has 0 bridgehead atoms. The minimum Gasteiger partial charge on any atom is -0.461 e. The van der Waals surface area contributed by atoms with Crippen LogP contribution in [0, 0.1) is 0 Å². The van der Waals surface area contributed by atoms with E-state index in [0.29, 0.717) is 6.61 Å². The van der Waals surface area contributed by atoms with Crippen LogP contribution in [0.2, 0.25) is 0 Å². The summed E-state index contributed by atoms with van der Waals surface area (Å²) in [5.74, 6) is -0.0923. The van der Waals surface area contributed by atoms with Gasteiger partial charge in [0.05, 0.1) is 12.7 Å². The zero-order valence-corrected chi connectivity index (χ0v) is 13.0. The molecule has 0 saturated carbocycles. The Bertz CT molecular complexity index is 508. The van der Waals surface area contributed by atoms with Crippen molar-refractivity contribution in [3.8, 4) is 0 Å². The van der Waals surface area contributed by atoms with Crippen LogP contribution in [-0.4, -0.2) is 42.7 Å². The first-order chi connectivity index (χ1) is 9.65. The van der Waals surface area contributed by atoms with Crippen molar-refractivity contribution < 1.29 is 14.3 Å². The molecule has 0 aliphatic carbocycles. The van der Waals surface area contributed by atoms with E-state index in [1.54, 1.807) is 0 Å². The highest BCUT2D eigenvalue weighted by molar-refractivity contribution is 9.10. The van der Waals surface area contributed by atoms with E-state index in [0.717, 1.165) is 29.5 Å². The average molecular weight is 340 g/mol. The number of hydrogen-bond acceptors (Lipinski definition) is 4. The molecule has 0 unspecified atom stereocenters. The zero-order chi connectivity index (χ0) is 14.1. The quantitative estimate of drug-likeness (QED) is 0.776. The summed E-state index contributed by atoms with van der Waals surface area (Å²) < 4.78 is 12.2. The minimum absolute atomic E-state index is 0.00281. The second-order valence-corrected chi connectivity index (χ2v) is 6.23. The monoisotopic (exact) mass is 339 g/mol. The number of morpholine rings is 1. The molecule has 20 heavy (non-hydrogen) atoms. The fourth-order valence-corrected chi connectivity index (χ4v) is 3.45. The van der Waals surface area contributed by atoms with Gasteiger partial charge in [-0.1, -0.05) is 34.1 Å². The lowest BCUT2D eigenvalue weighted by Crippen LogP contribution is -2.46. The van der Waals surface area contributed by atoms with Gasteiger partial charge in [0.2, 0.25) is 0 Å². The highest BCUT2D eigenvalue weighted by Gasteiger charge is 2.39. The van der Waals surface area contributed by atoms with Crippen molar-refractivity contribution >= 4 is 21.9 Å². The maximum Gasteiger partial charge on any atom is 0.323 e. The molecular weight excluding hydrogens is 322 g/mol. The Kier molecular flexibility index (Phi) is 4.10. The second-order valence-electron chi connectivity index (χ2n) is 5.37. The smallest absolute Gasteiger partial charge is 0.323 e. The van der Waals surface area contributed by atoms with Gasteiger partial charge in [0.1, 0.15) is 12.1 Å². The minimum atomic E-state index is -0.112. The van der Waals surface area contributed by atoms with Crippen molar-refractivity contribution in [2.45, 2.75) is 31.6 Å². The molecule has 2 saturated heterocycles. The van der Waals surface area contributed by atoms with E-state index in [1.807, 2.05) is 25.1 Å². The molecular formula is C15H18BrNO3. The Labute approximate surface area is 127 Å². The fraction of sp³-hybridized carbons (Fsp3) is 0.533. The fourth-order valence-electron chi connectivity index (χ4n) is 2.91. The standard InChI is InChI=1S/C15H18BrNO3/c1-10-8-13(15(18)20-10)17-6-7-19-14(9-17)11-4-2-3-5-12(11)16/h2-5,10,13-14H,6-9H2,1H3/t10-,13+,14+/m1/s1. The average Bonchev–Trinajstić information content (AvgIpc) is 2.78. The van der Waals surface area contributed by atoms with Crippen LogP contribution in [0.5, 0.6) is 0 Å². The molecule has 0 spiro atoms. The van der Waals surface area contributed by atoms with E-state index in [-0.39, 0.29) is 24.2 Å². The number of rotatable bonds is 2. The van der Waals surface area contributed by atoms with Crippen LogP contribution in [0.1, 0.15) is 25.0 Å². The van der Waals surface area contributed by atoms with Gasteiger partial charge in [-0.3, -0.25) is 9.69 Å². The first-order valence-corrected chi connectivity index (χ1v) is 7.75. The molecule has 108 valence electrons. The molecule has 5 heteroatoms. The van der Waals surface area contributed by atoms with Crippen LogP contribution in [0.4, 0.5) is 0 Å². The zero-order valence-electron chi connectivity index (χ0n) is 11.4. The summed E-state index contributed by atoms with van der Waals surface area (Å²) in [4.78, 5) is 14.1. The first-order valence-electron chi connectivity index (χ1n) is 6.95. The predicted molar refractivity (Wildman–Crippen MR) is 78.4 cm³/mol. The summed E-state index contributed by atoms with van der Waals surface area (Å²) in [5, 5.41) is 0. The molecule has 2 fully saturated rings. The molecule has 2 aliphatic rings. The molecule has 0 aromatic heterocycles. The van der Waals surface area contributed by atoms with Gasteiger partial charge in [-0.2, -0.15) is 0 Å². The SMILES string of the molecule is C[C@@H]1C[C@H](N2CCO[C@H](c3ccccc3Br)C2)C(=O)O1. The maximum atomic E-state index is 11.9. The molecule has 0 amide bonds. The van der Waals surface area contributed by atoms with Crippen LogP contribution in [-0.2, 0) is 14.3 Å². The number of halogens is 1. The van der Waals surface area contributed by atoms with Crippen LogP contribution in [0.15, 0.2) is 28.7 Å². The van der Waals surface area contributed by atoms with E-state index >= 15 is 0 Å². The molecule has 0 N–H and O–H groups in total. The largest absolute Gasteiger partial charge is 0.461 e. The van der Waals surface area contributed by atoms with E-state index in [4.69, 9.17) is 9.47 Å². The molecule has 0 radical (unpaired) electrons. The molecule has 3 rings (SSSR count). The van der Waals surface area contributed by atoms with Crippen molar-refractivity contribution in [2.24, 2.45) is 0 Å². The number of ether oxygens (including phenoxy) is 2. The van der Waals surface area contributed by atoms with E-state index in [9.17, 15) is 4.79 Å². The van der Waals surface area contributed by atoms with Gasteiger partial charge >= 0.3 is 5.97 Å². The van der Waals surface area contributed by atoms with Crippen LogP contribution in [0.3, 0.4) is 0 Å². The summed E-state index contributed by atoms with van der Waals surface area (Å²) in [5.41, 5.74) is 1.14. The highest BCUT2D eigenvalue weighted by Crippen LogP contribution is 2.31. The van der Waals surface area contributed by atoms with Crippen LogP contribution in [0.25, 0.3) is 0 Å². The Balaban J connectivity index is 1.74. The van der Waals surface area contributed by atoms with Crippen molar-refractivity contribution in [2.75, 3.05) is 19.7 Å². The number of carbonyl (C=O) groups is 1. The van der Waals surface area contributed by atoms with Gasteiger partial charge in [-0.15, -0.1) is 0 Å². The topological polar surface area (TPSA) is 38.8 Å². The Morgan fingerprint density at radius 1 is 1.35 bits per heavy atom. The number of cyclic esters (lactones) is 1. The number of hydrogen-bond donors (Lipinski definition) is 0. The summed E-state index contributed by atoms with van der Waals surface area (Å²) >= 11 is 3.57. The van der Waals surface area contributed by atoms with Crippen LogP contribution < -0.4 is 0 Å². The first kappa shape index (κ1) is 14.0. The van der Waals surface area contributed by atoms with Gasteiger partial charge in [-0.25, -0.2) is 0 Å². The normalized spacial score (nSPS) is 31.3. The second kappa shape index (κ2) is 5.84. The van der Waals surface area contributed by atoms with E-state index in [2.05, 4.69) is 26.9 Å². The van der Waals surface area contributed by atoms with Crippen molar-refractivity contribution in [1.82, 2.24) is 4.90 Å². The summed E-state index contributed by atoms with van der Waals surface area (Å²) in [6.07, 6.45) is 0.807. The number of esters is 1. The highest BCUT2D eigenvalue weighted by atomic mass is 79.9. The van der Waals surface area contributed by atoms with Crippen molar-refractivity contribution in [1.29, 1.82) is 0 Å². The van der Waals surface area contributed by atoms with E-state index in [1.165, 1.54) is 0 Å². The number of nitrogens with zero attached hydrogens (tertiary/aromatic N) is 1. The van der Waals surface area contributed by atoms with Crippen LogP contribution >= 0.6 is 15.9 Å². The number of benzene rings is 1. The summed E-state index contributed by atoms with van der Waals surface area (Å²) in [7, 11) is 0. The van der Waals surface area contributed by atoms with Crippen molar-refractivity contribution in [3.05, 3.63) is 34.3 Å². The number of carbonyl (C=O) groups excluding carboxylic acids is 1. The summed E-state index contributed by atoms with van der Waals surface area (Å²) in [6, 6.07) is 7.97.